The van der Waals surface area contributed by atoms with E-state index in [1.807, 2.05) is 36.9 Å². The van der Waals surface area contributed by atoms with E-state index in [9.17, 15) is 0 Å². The fourth-order valence-corrected chi connectivity index (χ4v) is 3.60. The van der Waals surface area contributed by atoms with Crippen LogP contribution in [0.4, 0.5) is 0 Å². The van der Waals surface area contributed by atoms with Crippen LogP contribution < -0.4 is 10.6 Å². The molecular formula is C20H26N6S. The van der Waals surface area contributed by atoms with E-state index in [2.05, 4.69) is 57.1 Å². The molecule has 3 aromatic heterocycles. The third kappa shape index (κ3) is 4.95. The van der Waals surface area contributed by atoms with Gasteiger partial charge in [-0.15, -0.1) is 11.3 Å². The SMILES string of the molecule is CCNC(=NCc1ccc(-n2nc(C)cc2C)nc1)NCc1sccc1C. The van der Waals surface area contributed by atoms with Gasteiger partial charge in [0.15, 0.2) is 11.8 Å². The van der Waals surface area contributed by atoms with Crippen LogP contribution in [0.5, 0.6) is 0 Å². The highest BCUT2D eigenvalue weighted by atomic mass is 32.1. The zero-order chi connectivity index (χ0) is 19.2. The molecule has 3 aromatic rings. The lowest BCUT2D eigenvalue weighted by Gasteiger charge is -2.11. The first-order valence-electron chi connectivity index (χ1n) is 9.10. The maximum Gasteiger partial charge on any atom is 0.191 e. The topological polar surface area (TPSA) is 67.1 Å². The molecule has 0 saturated carbocycles. The third-order valence-corrected chi connectivity index (χ3v) is 5.21. The summed E-state index contributed by atoms with van der Waals surface area (Å²) in [6, 6.07) is 8.22. The first-order valence-corrected chi connectivity index (χ1v) is 9.98. The predicted molar refractivity (Wildman–Crippen MR) is 112 cm³/mol. The first-order chi connectivity index (χ1) is 13.1. The number of nitrogens with zero attached hydrogens (tertiary/aromatic N) is 4. The van der Waals surface area contributed by atoms with Crippen molar-refractivity contribution in [1.29, 1.82) is 0 Å². The quantitative estimate of drug-likeness (QED) is 0.506. The molecule has 0 aliphatic heterocycles. The van der Waals surface area contributed by atoms with E-state index in [4.69, 9.17) is 0 Å². The number of thiophene rings is 1. The Morgan fingerprint density at radius 2 is 2.04 bits per heavy atom. The molecule has 2 N–H and O–H groups in total. The highest BCUT2D eigenvalue weighted by molar-refractivity contribution is 7.10. The Morgan fingerprint density at radius 3 is 2.63 bits per heavy atom. The summed E-state index contributed by atoms with van der Waals surface area (Å²) in [6.07, 6.45) is 1.86. The van der Waals surface area contributed by atoms with Gasteiger partial charge >= 0.3 is 0 Å². The average Bonchev–Trinajstić information content (AvgIpc) is 3.22. The van der Waals surface area contributed by atoms with Gasteiger partial charge in [0.25, 0.3) is 0 Å². The number of aryl methyl sites for hydroxylation is 3. The van der Waals surface area contributed by atoms with E-state index >= 15 is 0 Å². The summed E-state index contributed by atoms with van der Waals surface area (Å²) in [5, 5.41) is 13.3. The minimum atomic E-state index is 0.573. The predicted octanol–water partition coefficient (Wildman–Crippen LogP) is 3.51. The summed E-state index contributed by atoms with van der Waals surface area (Å²) in [6.45, 7) is 10.4. The number of pyridine rings is 1. The summed E-state index contributed by atoms with van der Waals surface area (Å²) in [4.78, 5) is 10.5. The van der Waals surface area contributed by atoms with Crippen LogP contribution in [0.1, 0.15) is 34.3 Å². The van der Waals surface area contributed by atoms with Crippen LogP contribution in [0.25, 0.3) is 5.82 Å². The Morgan fingerprint density at radius 1 is 1.19 bits per heavy atom. The van der Waals surface area contributed by atoms with Crippen molar-refractivity contribution in [3.8, 4) is 5.82 Å². The molecule has 0 bridgehead atoms. The Hall–Kier alpha value is -2.67. The smallest absolute Gasteiger partial charge is 0.191 e. The van der Waals surface area contributed by atoms with Crippen LogP contribution >= 0.6 is 11.3 Å². The van der Waals surface area contributed by atoms with Crippen molar-refractivity contribution in [2.75, 3.05) is 6.54 Å². The lowest BCUT2D eigenvalue weighted by Crippen LogP contribution is -2.36. The van der Waals surface area contributed by atoms with Gasteiger partial charge in [-0.2, -0.15) is 5.10 Å². The van der Waals surface area contributed by atoms with Crippen LogP contribution in [0.15, 0.2) is 40.8 Å². The molecule has 3 rings (SSSR count). The molecule has 0 aliphatic rings. The van der Waals surface area contributed by atoms with Crippen molar-refractivity contribution in [3.63, 3.8) is 0 Å². The molecule has 0 atom stereocenters. The van der Waals surface area contributed by atoms with Gasteiger partial charge in [0.1, 0.15) is 0 Å². The molecule has 27 heavy (non-hydrogen) atoms. The second-order valence-corrected chi connectivity index (χ2v) is 7.44. The van der Waals surface area contributed by atoms with Crippen molar-refractivity contribution >= 4 is 17.3 Å². The van der Waals surface area contributed by atoms with Crippen LogP contribution in [0.3, 0.4) is 0 Å². The summed E-state index contributed by atoms with van der Waals surface area (Å²) < 4.78 is 1.86. The molecule has 0 unspecified atom stereocenters. The van der Waals surface area contributed by atoms with E-state index < -0.39 is 0 Å². The summed E-state index contributed by atoms with van der Waals surface area (Å²) in [7, 11) is 0. The van der Waals surface area contributed by atoms with Gasteiger partial charge in [-0.05, 0) is 62.4 Å². The van der Waals surface area contributed by atoms with Crippen LogP contribution in [0.2, 0.25) is 0 Å². The maximum atomic E-state index is 4.67. The number of hydrogen-bond donors (Lipinski definition) is 2. The van der Waals surface area contributed by atoms with Gasteiger partial charge in [-0.25, -0.2) is 14.7 Å². The number of rotatable bonds is 6. The van der Waals surface area contributed by atoms with Crippen molar-refractivity contribution in [2.45, 2.75) is 40.8 Å². The highest BCUT2D eigenvalue weighted by Gasteiger charge is 2.05. The van der Waals surface area contributed by atoms with E-state index in [1.165, 1.54) is 10.4 Å². The average molecular weight is 383 g/mol. The van der Waals surface area contributed by atoms with Gasteiger partial charge in [-0.3, -0.25) is 0 Å². The Kier molecular flexibility index (Phi) is 6.24. The lowest BCUT2D eigenvalue weighted by atomic mass is 10.3. The number of hydrogen-bond acceptors (Lipinski definition) is 4. The summed E-state index contributed by atoms with van der Waals surface area (Å²) in [5.74, 6) is 1.64. The molecular weight excluding hydrogens is 356 g/mol. The lowest BCUT2D eigenvalue weighted by molar-refractivity contribution is 0.800. The first kappa shape index (κ1) is 19.1. The molecule has 7 heteroatoms. The zero-order valence-electron chi connectivity index (χ0n) is 16.3. The normalized spacial score (nSPS) is 11.6. The zero-order valence-corrected chi connectivity index (χ0v) is 17.1. The monoisotopic (exact) mass is 382 g/mol. The van der Waals surface area contributed by atoms with Crippen LogP contribution in [0, 0.1) is 20.8 Å². The Labute approximate surface area is 164 Å². The number of nitrogens with one attached hydrogen (secondary N) is 2. The minimum absolute atomic E-state index is 0.573. The van der Waals surface area contributed by atoms with Crippen LogP contribution in [-0.4, -0.2) is 27.3 Å². The number of aliphatic imine (C=N–C) groups is 1. The van der Waals surface area contributed by atoms with E-state index in [1.54, 1.807) is 11.3 Å². The molecule has 0 spiro atoms. The van der Waals surface area contributed by atoms with Crippen LogP contribution in [-0.2, 0) is 13.1 Å². The standard InChI is InChI=1S/C20H26N6S/c1-5-21-20(24-13-18-14(2)8-9-27-18)23-12-17-6-7-19(22-11-17)26-16(4)10-15(3)25-26/h6-11H,5,12-13H2,1-4H3,(H2,21,23,24). The Bertz CT molecular complexity index is 907. The molecule has 3 heterocycles. The number of aromatic nitrogens is 3. The fourth-order valence-electron chi connectivity index (χ4n) is 2.76. The van der Waals surface area contributed by atoms with Gasteiger partial charge < -0.3 is 10.6 Å². The van der Waals surface area contributed by atoms with Gasteiger partial charge in [0, 0.05) is 23.3 Å². The molecule has 0 aliphatic carbocycles. The largest absolute Gasteiger partial charge is 0.357 e. The minimum Gasteiger partial charge on any atom is -0.357 e. The molecule has 142 valence electrons. The molecule has 0 fully saturated rings. The van der Waals surface area contributed by atoms with E-state index in [0.29, 0.717) is 6.54 Å². The van der Waals surface area contributed by atoms with Crippen molar-refractivity contribution < 1.29 is 0 Å². The van der Waals surface area contributed by atoms with Crippen molar-refractivity contribution in [2.24, 2.45) is 4.99 Å². The summed E-state index contributed by atoms with van der Waals surface area (Å²) in [5.41, 5.74) is 4.44. The van der Waals surface area contributed by atoms with Gasteiger partial charge in [0.05, 0.1) is 18.8 Å². The second-order valence-electron chi connectivity index (χ2n) is 6.44. The second kappa shape index (κ2) is 8.81. The highest BCUT2D eigenvalue weighted by Crippen LogP contribution is 2.15. The molecule has 0 radical (unpaired) electrons. The number of guanidine groups is 1. The van der Waals surface area contributed by atoms with Crippen molar-refractivity contribution in [1.82, 2.24) is 25.4 Å². The summed E-state index contributed by atoms with van der Waals surface area (Å²) >= 11 is 1.76. The maximum absolute atomic E-state index is 4.67. The van der Waals surface area contributed by atoms with Gasteiger partial charge in [-0.1, -0.05) is 6.07 Å². The van der Waals surface area contributed by atoms with E-state index in [0.717, 1.165) is 41.8 Å². The molecule has 0 aromatic carbocycles. The Balaban J connectivity index is 1.65. The molecule has 0 saturated heterocycles. The van der Waals surface area contributed by atoms with Crippen molar-refractivity contribution in [3.05, 3.63) is 63.2 Å². The van der Waals surface area contributed by atoms with Gasteiger partial charge in [0.2, 0.25) is 0 Å². The fraction of sp³-hybridized carbons (Fsp3) is 0.350. The van der Waals surface area contributed by atoms with E-state index in [-0.39, 0.29) is 0 Å². The molecule has 6 nitrogen and oxygen atoms in total. The third-order valence-electron chi connectivity index (χ3n) is 4.18. The molecule has 0 amide bonds.